The molecular formula is C25H20N2O8S2. The van der Waals surface area contributed by atoms with Crippen LogP contribution in [0.15, 0.2) is 82.6 Å². The Morgan fingerprint density at radius 3 is 2.35 bits per heavy atom. The lowest BCUT2D eigenvalue weighted by atomic mass is 10.2. The Morgan fingerprint density at radius 1 is 1.00 bits per heavy atom. The molecule has 1 heterocycles. The maximum Gasteiger partial charge on any atom is 0.339 e. The summed E-state index contributed by atoms with van der Waals surface area (Å²) in [4.78, 5) is 36.2. The number of nitrogens with zero attached hydrogens (tertiary/aromatic N) is 2. The second kappa shape index (κ2) is 10.8. The molecule has 0 spiro atoms. The van der Waals surface area contributed by atoms with Crippen molar-refractivity contribution in [3.05, 3.63) is 98.9 Å². The van der Waals surface area contributed by atoms with Gasteiger partial charge in [0.25, 0.3) is 16.8 Å². The van der Waals surface area contributed by atoms with Crippen molar-refractivity contribution in [2.45, 2.75) is 11.8 Å². The van der Waals surface area contributed by atoms with E-state index in [0.29, 0.717) is 11.3 Å². The van der Waals surface area contributed by atoms with Crippen LogP contribution in [0.3, 0.4) is 0 Å². The summed E-state index contributed by atoms with van der Waals surface area (Å²) in [5.41, 5.74) is 1.25. The maximum absolute atomic E-state index is 12.7. The summed E-state index contributed by atoms with van der Waals surface area (Å²) in [7, 11) is -4.30. The summed E-state index contributed by atoms with van der Waals surface area (Å²) in [5.74, 6) is 0.170. The molecular weight excluding hydrogens is 520 g/mol. The zero-order valence-electron chi connectivity index (χ0n) is 19.4. The highest BCUT2D eigenvalue weighted by molar-refractivity contribution is 8.18. The molecule has 3 aromatic rings. The van der Waals surface area contributed by atoms with Gasteiger partial charge in [-0.3, -0.25) is 24.6 Å². The monoisotopic (exact) mass is 540 g/mol. The van der Waals surface area contributed by atoms with Crippen molar-refractivity contribution in [2.24, 2.45) is 0 Å². The number of nitro benzene ring substituents is 1. The van der Waals surface area contributed by atoms with Crippen molar-refractivity contribution in [3.8, 4) is 11.5 Å². The molecule has 2 amide bonds. The molecule has 0 atom stereocenters. The molecule has 1 aliphatic heterocycles. The van der Waals surface area contributed by atoms with E-state index in [4.69, 9.17) is 8.92 Å². The van der Waals surface area contributed by atoms with Crippen LogP contribution in [0, 0.1) is 17.0 Å². The number of thioether (sulfide) groups is 1. The average Bonchev–Trinajstić information content (AvgIpc) is 3.13. The number of carbonyl (C=O) groups is 2. The third-order valence-corrected chi connectivity index (χ3v) is 7.33. The van der Waals surface area contributed by atoms with E-state index >= 15 is 0 Å². The largest absolute Gasteiger partial charge is 0.492 e. The van der Waals surface area contributed by atoms with Crippen molar-refractivity contribution in [1.82, 2.24) is 4.90 Å². The van der Waals surface area contributed by atoms with Gasteiger partial charge in [0.05, 0.1) is 16.4 Å². The van der Waals surface area contributed by atoms with E-state index in [1.807, 2.05) is 31.2 Å². The molecule has 3 aromatic carbocycles. The Hall–Kier alpha value is -4.16. The number of imide groups is 1. The molecule has 0 radical (unpaired) electrons. The number of hydrogen-bond acceptors (Lipinski definition) is 9. The first kappa shape index (κ1) is 25.9. The van der Waals surface area contributed by atoms with Crippen LogP contribution in [-0.4, -0.2) is 42.5 Å². The molecule has 190 valence electrons. The first-order chi connectivity index (χ1) is 17.6. The highest BCUT2D eigenvalue weighted by atomic mass is 32.2. The lowest BCUT2D eigenvalue weighted by Crippen LogP contribution is -2.32. The van der Waals surface area contributed by atoms with Gasteiger partial charge in [0.2, 0.25) is 0 Å². The van der Waals surface area contributed by atoms with E-state index in [0.717, 1.165) is 28.3 Å². The van der Waals surface area contributed by atoms with Gasteiger partial charge in [0, 0.05) is 12.1 Å². The molecule has 4 rings (SSSR count). The van der Waals surface area contributed by atoms with Crippen LogP contribution in [0.2, 0.25) is 0 Å². The van der Waals surface area contributed by atoms with Gasteiger partial charge in [-0.25, -0.2) is 0 Å². The predicted octanol–water partition coefficient (Wildman–Crippen LogP) is 4.79. The summed E-state index contributed by atoms with van der Waals surface area (Å²) in [6.07, 6.45) is 1.52. The van der Waals surface area contributed by atoms with E-state index in [2.05, 4.69) is 0 Å². The molecule has 1 saturated heterocycles. The number of amides is 2. The molecule has 1 aliphatic rings. The minimum atomic E-state index is -4.30. The number of rotatable bonds is 9. The van der Waals surface area contributed by atoms with E-state index < -0.39 is 26.2 Å². The molecule has 12 heteroatoms. The zero-order chi connectivity index (χ0) is 26.6. The summed E-state index contributed by atoms with van der Waals surface area (Å²) >= 11 is 0.801. The van der Waals surface area contributed by atoms with Crippen molar-refractivity contribution < 1.29 is 31.9 Å². The van der Waals surface area contributed by atoms with Gasteiger partial charge in [0.1, 0.15) is 23.0 Å². The van der Waals surface area contributed by atoms with Crippen molar-refractivity contribution in [2.75, 3.05) is 13.2 Å². The van der Waals surface area contributed by atoms with Gasteiger partial charge >= 0.3 is 10.1 Å². The third kappa shape index (κ3) is 6.35. The topological polar surface area (TPSA) is 133 Å². The maximum atomic E-state index is 12.7. The quantitative estimate of drug-likeness (QED) is 0.163. The van der Waals surface area contributed by atoms with E-state index in [-0.39, 0.29) is 34.4 Å². The van der Waals surface area contributed by atoms with E-state index in [1.165, 1.54) is 48.5 Å². The van der Waals surface area contributed by atoms with Crippen LogP contribution in [0.1, 0.15) is 11.1 Å². The van der Waals surface area contributed by atoms with Crippen molar-refractivity contribution in [3.63, 3.8) is 0 Å². The normalized spacial score (nSPS) is 14.7. The van der Waals surface area contributed by atoms with Crippen molar-refractivity contribution >= 4 is 44.8 Å². The average molecular weight is 541 g/mol. The van der Waals surface area contributed by atoms with Crippen LogP contribution >= 0.6 is 11.8 Å². The molecule has 0 N–H and O–H groups in total. The smallest absolute Gasteiger partial charge is 0.339 e. The van der Waals surface area contributed by atoms with Crippen LogP contribution in [0.4, 0.5) is 10.5 Å². The van der Waals surface area contributed by atoms with Gasteiger partial charge in [-0.15, -0.1) is 0 Å². The minimum absolute atomic E-state index is 0.0231. The number of nitro groups is 1. The first-order valence-corrected chi connectivity index (χ1v) is 13.1. The first-order valence-electron chi connectivity index (χ1n) is 10.9. The fourth-order valence-electron chi connectivity index (χ4n) is 3.28. The summed E-state index contributed by atoms with van der Waals surface area (Å²) in [6.45, 7) is 2.21. The Balaban J connectivity index is 1.39. The van der Waals surface area contributed by atoms with Crippen LogP contribution < -0.4 is 8.92 Å². The number of carbonyl (C=O) groups excluding carboxylic acids is 2. The molecule has 0 aliphatic carbocycles. The third-order valence-electron chi connectivity index (χ3n) is 5.18. The zero-order valence-corrected chi connectivity index (χ0v) is 21.0. The van der Waals surface area contributed by atoms with Gasteiger partial charge in [0.15, 0.2) is 0 Å². The Labute approximate surface area is 216 Å². The molecule has 0 bridgehead atoms. The molecule has 0 saturated carbocycles. The number of aryl methyl sites for hydroxylation is 1. The molecule has 0 aromatic heterocycles. The number of hydrogen-bond donors (Lipinski definition) is 0. The van der Waals surface area contributed by atoms with Crippen LogP contribution in [0.25, 0.3) is 6.08 Å². The minimum Gasteiger partial charge on any atom is -0.492 e. The molecule has 1 fully saturated rings. The standard InChI is InChI=1S/C25H20N2O8S2/c1-17-5-9-20(10-6-17)34-14-13-26-24(28)23(36-25(26)29)15-18-7-11-21(12-8-18)35-37(32,33)22-4-2-3-19(16-22)27(30)31/h2-12,15-16H,13-14H2,1H3/b23-15-. The van der Waals surface area contributed by atoms with Gasteiger partial charge in [-0.05, 0) is 60.7 Å². The number of non-ortho nitro benzene ring substituents is 1. The Bertz CT molecular complexity index is 1480. The Kier molecular flexibility index (Phi) is 7.60. The summed E-state index contributed by atoms with van der Waals surface area (Å²) in [5, 5.41) is 10.5. The van der Waals surface area contributed by atoms with Crippen molar-refractivity contribution in [1.29, 1.82) is 0 Å². The van der Waals surface area contributed by atoms with Gasteiger partial charge in [-0.2, -0.15) is 8.42 Å². The SMILES string of the molecule is Cc1ccc(OCCN2C(=O)S/C(=C\c3ccc(OS(=O)(=O)c4cccc([N+](=O)[O-])c4)cc3)C2=O)cc1. The fraction of sp³-hybridized carbons (Fsp3) is 0.120. The second-order valence-electron chi connectivity index (χ2n) is 7.86. The predicted molar refractivity (Wildman–Crippen MR) is 137 cm³/mol. The van der Waals surface area contributed by atoms with Crippen LogP contribution in [0.5, 0.6) is 11.5 Å². The highest BCUT2D eigenvalue weighted by Crippen LogP contribution is 2.32. The molecule has 37 heavy (non-hydrogen) atoms. The molecule has 10 nitrogen and oxygen atoms in total. The van der Waals surface area contributed by atoms with Crippen LogP contribution in [-0.2, 0) is 14.9 Å². The molecule has 0 unspecified atom stereocenters. The second-order valence-corrected chi connectivity index (χ2v) is 10.4. The number of ether oxygens (including phenoxy) is 1. The number of benzene rings is 3. The summed E-state index contributed by atoms with van der Waals surface area (Å²) in [6, 6.07) is 17.7. The Morgan fingerprint density at radius 2 is 1.68 bits per heavy atom. The van der Waals surface area contributed by atoms with Gasteiger partial charge < -0.3 is 8.92 Å². The lowest BCUT2D eigenvalue weighted by molar-refractivity contribution is -0.385. The fourth-order valence-corrected chi connectivity index (χ4v) is 5.12. The van der Waals surface area contributed by atoms with Gasteiger partial charge in [-0.1, -0.05) is 35.9 Å². The van der Waals surface area contributed by atoms with E-state index in [9.17, 15) is 28.1 Å². The lowest BCUT2D eigenvalue weighted by Gasteiger charge is -2.13. The van der Waals surface area contributed by atoms with E-state index in [1.54, 1.807) is 0 Å². The highest BCUT2D eigenvalue weighted by Gasteiger charge is 2.34. The summed E-state index contributed by atoms with van der Waals surface area (Å²) < 4.78 is 35.7.